The van der Waals surface area contributed by atoms with Gasteiger partial charge in [-0.15, -0.1) is 0 Å². The smallest absolute Gasteiger partial charge is 0.244 e. The van der Waals surface area contributed by atoms with Gasteiger partial charge in [0.25, 0.3) is 0 Å². The summed E-state index contributed by atoms with van der Waals surface area (Å²) in [5.74, 6) is 0.256. The fourth-order valence-electron chi connectivity index (χ4n) is 2.69. The Hall–Kier alpha value is -1.13. The molecule has 2 unspecified atom stereocenters. The van der Waals surface area contributed by atoms with Crippen molar-refractivity contribution in [2.45, 2.75) is 17.9 Å². The highest BCUT2D eigenvalue weighted by Gasteiger charge is 2.38. The lowest BCUT2D eigenvalue weighted by molar-refractivity contribution is 0.263. The van der Waals surface area contributed by atoms with Gasteiger partial charge in [0.15, 0.2) is 0 Å². The lowest BCUT2D eigenvalue weighted by atomic mass is 10.1. The summed E-state index contributed by atoms with van der Waals surface area (Å²) in [4.78, 5) is 2.11. The Morgan fingerprint density at radius 1 is 1.38 bits per heavy atom. The van der Waals surface area contributed by atoms with Gasteiger partial charge in [0.05, 0.1) is 16.7 Å². The largest absolute Gasteiger partial charge is 0.305 e. The number of nitrogens with zero attached hydrogens (tertiary/aromatic N) is 3. The van der Waals surface area contributed by atoms with E-state index >= 15 is 0 Å². The molecule has 1 aliphatic heterocycles. The number of halogens is 1. The molecule has 1 aromatic rings. The van der Waals surface area contributed by atoms with E-state index in [1.807, 2.05) is 32.0 Å². The van der Waals surface area contributed by atoms with E-state index in [2.05, 4.69) is 0 Å². The van der Waals surface area contributed by atoms with Crippen molar-refractivity contribution in [2.24, 2.45) is 5.92 Å². The van der Waals surface area contributed by atoms with Crippen LogP contribution in [0.3, 0.4) is 0 Å². The zero-order valence-corrected chi connectivity index (χ0v) is 13.8. The van der Waals surface area contributed by atoms with Crippen LogP contribution in [0.1, 0.15) is 12.5 Å². The van der Waals surface area contributed by atoms with E-state index in [0.29, 0.717) is 18.7 Å². The molecule has 0 aromatic heterocycles. The van der Waals surface area contributed by atoms with E-state index in [9.17, 15) is 8.42 Å². The van der Waals surface area contributed by atoms with Crippen LogP contribution in [0.25, 0.3) is 0 Å². The van der Waals surface area contributed by atoms with Crippen LogP contribution in [-0.4, -0.2) is 50.8 Å². The SMILES string of the molecule is CC1CN(S(=O)(=O)c2ccc(C#N)cc2Cl)CC1N(C)C. The van der Waals surface area contributed by atoms with E-state index < -0.39 is 10.0 Å². The van der Waals surface area contributed by atoms with Crippen LogP contribution in [0, 0.1) is 17.2 Å². The van der Waals surface area contributed by atoms with Crippen molar-refractivity contribution in [3.8, 4) is 6.07 Å². The van der Waals surface area contributed by atoms with Crippen molar-refractivity contribution in [1.29, 1.82) is 5.26 Å². The van der Waals surface area contributed by atoms with Gasteiger partial charge in [0.1, 0.15) is 4.90 Å². The number of benzene rings is 1. The first kappa shape index (κ1) is 16.2. The number of nitriles is 1. The monoisotopic (exact) mass is 327 g/mol. The minimum absolute atomic E-state index is 0.0646. The second-order valence-corrected chi connectivity index (χ2v) is 7.90. The molecule has 5 nitrogen and oxygen atoms in total. The van der Waals surface area contributed by atoms with Gasteiger partial charge in [-0.05, 0) is 38.2 Å². The first-order chi connectivity index (χ1) is 9.77. The lowest BCUT2D eigenvalue weighted by Gasteiger charge is -2.22. The van der Waals surface area contributed by atoms with Crippen molar-refractivity contribution in [1.82, 2.24) is 9.21 Å². The molecule has 0 N–H and O–H groups in total. The van der Waals surface area contributed by atoms with Crippen LogP contribution in [0.4, 0.5) is 0 Å². The predicted molar refractivity (Wildman–Crippen MR) is 81.6 cm³/mol. The van der Waals surface area contributed by atoms with Gasteiger partial charge in [-0.1, -0.05) is 18.5 Å². The van der Waals surface area contributed by atoms with Gasteiger partial charge in [0, 0.05) is 19.1 Å². The zero-order chi connectivity index (χ0) is 15.8. The maximum absolute atomic E-state index is 12.7. The Balaban J connectivity index is 2.34. The van der Waals surface area contributed by atoms with Gasteiger partial charge in [-0.25, -0.2) is 8.42 Å². The van der Waals surface area contributed by atoms with Crippen LogP contribution in [-0.2, 0) is 10.0 Å². The van der Waals surface area contributed by atoms with E-state index in [1.54, 1.807) is 0 Å². The number of rotatable bonds is 3. The van der Waals surface area contributed by atoms with E-state index in [-0.39, 0.29) is 21.9 Å². The fourth-order valence-corrected chi connectivity index (χ4v) is 4.77. The average molecular weight is 328 g/mol. The van der Waals surface area contributed by atoms with Gasteiger partial charge >= 0.3 is 0 Å². The van der Waals surface area contributed by atoms with Crippen molar-refractivity contribution in [2.75, 3.05) is 27.2 Å². The summed E-state index contributed by atoms with van der Waals surface area (Å²) in [6, 6.07) is 6.40. The molecule has 1 heterocycles. The topological polar surface area (TPSA) is 64.4 Å². The molecule has 0 aliphatic carbocycles. The lowest BCUT2D eigenvalue weighted by Crippen LogP contribution is -2.35. The molecule has 2 rings (SSSR count). The van der Waals surface area contributed by atoms with Gasteiger partial charge in [-0.3, -0.25) is 0 Å². The Morgan fingerprint density at radius 3 is 2.52 bits per heavy atom. The maximum Gasteiger partial charge on any atom is 0.244 e. The Bertz CT molecular complexity index is 682. The summed E-state index contributed by atoms with van der Waals surface area (Å²) in [6.45, 7) is 2.97. The highest BCUT2D eigenvalue weighted by molar-refractivity contribution is 7.89. The third kappa shape index (κ3) is 3.06. The van der Waals surface area contributed by atoms with E-state index in [0.717, 1.165) is 0 Å². The molecular formula is C14H18ClN3O2S. The third-order valence-corrected chi connectivity index (χ3v) is 6.20. The standard InChI is InChI=1S/C14H18ClN3O2S/c1-10-8-18(9-13(10)17(2)3)21(19,20)14-5-4-11(7-16)6-12(14)15/h4-6,10,13H,8-9H2,1-3H3. The van der Waals surface area contributed by atoms with Crippen LogP contribution in [0.15, 0.2) is 23.1 Å². The number of hydrogen-bond acceptors (Lipinski definition) is 4. The first-order valence-electron chi connectivity index (χ1n) is 6.63. The third-order valence-electron chi connectivity index (χ3n) is 3.88. The highest BCUT2D eigenvalue weighted by Crippen LogP contribution is 2.30. The molecule has 1 aromatic carbocycles. The van der Waals surface area contributed by atoms with Crippen LogP contribution >= 0.6 is 11.6 Å². The Labute approximate surface area is 130 Å². The Kier molecular flexibility index (Phi) is 4.59. The first-order valence-corrected chi connectivity index (χ1v) is 8.45. The summed E-state index contributed by atoms with van der Waals surface area (Å²) in [6.07, 6.45) is 0. The minimum atomic E-state index is -3.63. The van der Waals surface area contributed by atoms with E-state index in [1.165, 1.54) is 22.5 Å². The number of hydrogen-bond donors (Lipinski definition) is 0. The maximum atomic E-state index is 12.7. The normalized spacial score (nSPS) is 23.4. The van der Waals surface area contributed by atoms with Crippen LogP contribution in [0.2, 0.25) is 5.02 Å². The number of likely N-dealkylation sites (N-methyl/N-ethyl adjacent to an activating group) is 1. The molecule has 0 spiro atoms. The van der Waals surface area contributed by atoms with Crippen LogP contribution < -0.4 is 0 Å². The second kappa shape index (κ2) is 5.93. The van der Waals surface area contributed by atoms with Gasteiger partial charge in [0.2, 0.25) is 10.0 Å². The number of sulfonamides is 1. The zero-order valence-electron chi connectivity index (χ0n) is 12.2. The fraction of sp³-hybridized carbons (Fsp3) is 0.500. The molecule has 1 fully saturated rings. The minimum Gasteiger partial charge on any atom is -0.305 e. The van der Waals surface area contributed by atoms with Crippen molar-refractivity contribution < 1.29 is 8.42 Å². The molecule has 0 amide bonds. The van der Waals surface area contributed by atoms with Gasteiger partial charge < -0.3 is 4.90 Å². The molecule has 1 saturated heterocycles. The predicted octanol–water partition coefficient (Wildman–Crippen LogP) is 1.78. The summed E-state index contributed by atoms with van der Waals surface area (Å²) in [5, 5.41) is 8.92. The molecule has 114 valence electrons. The molecule has 0 bridgehead atoms. The Morgan fingerprint density at radius 2 is 2.05 bits per heavy atom. The summed E-state index contributed by atoms with van der Waals surface area (Å²) in [5.41, 5.74) is 0.347. The molecular weight excluding hydrogens is 310 g/mol. The summed E-state index contributed by atoms with van der Waals surface area (Å²) >= 11 is 6.04. The molecule has 1 aliphatic rings. The quantitative estimate of drug-likeness (QED) is 0.849. The molecule has 2 atom stereocenters. The molecule has 7 heteroatoms. The van der Waals surface area contributed by atoms with Crippen molar-refractivity contribution >= 4 is 21.6 Å². The van der Waals surface area contributed by atoms with Crippen molar-refractivity contribution in [3.63, 3.8) is 0 Å². The summed E-state index contributed by atoms with van der Waals surface area (Å²) in [7, 11) is 0.272. The second-order valence-electron chi connectivity index (χ2n) is 5.59. The highest BCUT2D eigenvalue weighted by atomic mass is 35.5. The molecule has 0 saturated carbocycles. The average Bonchev–Trinajstić information content (AvgIpc) is 2.81. The summed E-state index contributed by atoms with van der Waals surface area (Å²) < 4.78 is 26.9. The van der Waals surface area contributed by atoms with Crippen molar-refractivity contribution in [3.05, 3.63) is 28.8 Å². The van der Waals surface area contributed by atoms with E-state index in [4.69, 9.17) is 16.9 Å². The molecule has 0 radical (unpaired) electrons. The van der Waals surface area contributed by atoms with Crippen LogP contribution in [0.5, 0.6) is 0 Å². The molecule has 21 heavy (non-hydrogen) atoms. The van der Waals surface area contributed by atoms with Gasteiger partial charge in [-0.2, -0.15) is 9.57 Å².